The second kappa shape index (κ2) is 12.3. The lowest BCUT2D eigenvalue weighted by Crippen LogP contribution is -2.38. The molecule has 2 fully saturated rings. The van der Waals surface area contributed by atoms with E-state index >= 15 is 0 Å². The summed E-state index contributed by atoms with van der Waals surface area (Å²) in [5, 5.41) is 12.4. The van der Waals surface area contributed by atoms with Crippen molar-refractivity contribution >= 4 is 60.2 Å². The van der Waals surface area contributed by atoms with Crippen LogP contribution in [0.3, 0.4) is 0 Å². The lowest BCUT2D eigenvalue weighted by atomic mass is 9.81. The maximum atomic E-state index is 12.8. The minimum absolute atomic E-state index is 0. The first-order chi connectivity index (χ1) is 13.5. The van der Waals surface area contributed by atoms with Crippen molar-refractivity contribution in [1.82, 2.24) is 9.88 Å². The van der Waals surface area contributed by atoms with Crippen molar-refractivity contribution in [2.75, 3.05) is 25.0 Å². The van der Waals surface area contributed by atoms with Gasteiger partial charge in [-0.1, -0.05) is 11.6 Å². The van der Waals surface area contributed by atoms with Crippen LogP contribution in [-0.2, 0) is 9.59 Å². The number of carbonyl (C=O) groups is 2. The molecule has 1 aromatic heterocycles. The molecule has 0 radical (unpaired) electrons. The summed E-state index contributed by atoms with van der Waals surface area (Å²) in [4.78, 5) is 29.6. The second-order valence-electron chi connectivity index (χ2n) is 7.64. The first-order valence-corrected chi connectivity index (χ1v) is 10.2. The lowest BCUT2D eigenvalue weighted by molar-refractivity contribution is -0.135. The quantitative estimate of drug-likeness (QED) is 0.539. The Morgan fingerprint density at radius 2 is 1.97 bits per heavy atom. The van der Waals surface area contributed by atoms with Crippen LogP contribution in [0.1, 0.15) is 37.7 Å². The Hall–Kier alpha value is -1.54. The molecule has 1 saturated carbocycles. The van der Waals surface area contributed by atoms with E-state index in [2.05, 4.69) is 10.3 Å². The van der Waals surface area contributed by atoms with Crippen LogP contribution in [0.15, 0.2) is 18.3 Å². The summed E-state index contributed by atoms with van der Waals surface area (Å²) >= 11 is 6.27. The molecule has 1 aliphatic carbocycles. The highest BCUT2D eigenvalue weighted by molar-refractivity contribution is 6.33. The minimum atomic E-state index is -1.02. The Bertz CT molecular complexity index is 755. The van der Waals surface area contributed by atoms with Crippen molar-refractivity contribution in [2.24, 2.45) is 17.6 Å². The summed E-state index contributed by atoms with van der Waals surface area (Å²) in [5.74, 6) is 0.484. The topological polar surface area (TPSA) is 109 Å². The van der Waals surface area contributed by atoms with Crippen molar-refractivity contribution in [2.45, 2.75) is 38.1 Å². The summed E-state index contributed by atoms with van der Waals surface area (Å²) in [6.07, 6.45) is 8.88. The lowest BCUT2D eigenvalue weighted by Gasteiger charge is -2.30. The smallest absolute Gasteiger partial charge is 0.328 e. The molecular weight excluding hydrogens is 451 g/mol. The van der Waals surface area contributed by atoms with E-state index in [0.717, 1.165) is 51.3 Å². The number of nitrogens with one attached hydrogen (secondary N) is 1. The van der Waals surface area contributed by atoms with E-state index in [-0.39, 0.29) is 42.7 Å². The van der Waals surface area contributed by atoms with E-state index in [9.17, 15) is 9.59 Å². The van der Waals surface area contributed by atoms with Gasteiger partial charge in [0.1, 0.15) is 5.82 Å². The highest BCUT2D eigenvalue weighted by Gasteiger charge is 2.33. The van der Waals surface area contributed by atoms with Crippen LogP contribution in [0.5, 0.6) is 0 Å². The zero-order valence-corrected chi connectivity index (χ0v) is 19.0. The molecular formula is C20H29Cl3N4O3. The fraction of sp³-hybridized carbons (Fsp3) is 0.550. The van der Waals surface area contributed by atoms with Crippen molar-refractivity contribution in [3.05, 3.63) is 28.9 Å². The van der Waals surface area contributed by atoms with E-state index in [4.69, 9.17) is 22.4 Å². The van der Waals surface area contributed by atoms with Gasteiger partial charge < -0.3 is 21.1 Å². The highest BCUT2D eigenvalue weighted by Crippen LogP contribution is 2.31. The SMILES string of the molecule is Cl.Cl.NCC1CCC(C(=O)N2CC[C@@H](Nc3ncc(/C=C/C(=O)O)cc3Cl)C2)CC1. The number of aromatic nitrogens is 1. The fourth-order valence-corrected chi connectivity index (χ4v) is 4.22. The molecule has 10 heteroatoms. The largest absolute Gasteiger partial charge is 0.478 e. The number of halogens is 3. The van der Waals surface area contributed by atoms with E-state index in [1.807, 2.05) is 4.90 Å². The third kappa shape index (κ3) is 7.01. The van der Waals surface area contributed by atoms with Crippen LogP contribution >= 0.6 is 36.4 Å². The highest BCUT2D eigenvalue weighted by atomic mass is 35.5. The molecule has 30 heavy (non-hydrogen) atoms. The predicted octanol–water partition coefficient (Wildman–Crippen LogP) is 3.45. The first-order valence-electron chi connectivity index (χ1n) is 9.78. The number of carbonyl (C=O) groups excluding carboxylic acids is 1. The van der Waals surface area contributed by atoms with Crippen molar-refractivity contribution in [3.8, 4) is 0 Å². The first kappa shape index (κ1) is 26.5. The number of likely N-dealkylation sites (tertiary alicyclic amines) is 1. The maximum Gasteiger partial charge on any atom is 0.328 e. The molecule has 1 aromatic rings. The summed E-state index contributed by atoms with van der Waals surface area (Å²) in [6, 6.07) is 1.78. The van der Waals surface area contributed by atoms with Crippen molar-refractivity contribution in [1.29, 1.82) is 0 Å². The van der Waals surface area contributed by atoms with Gasteiger partial charge in [-0.3, -0.25) is 4.79 Å². The van der Waals surface area contributed by atoms with Crippen molar-refractivity contribution in [3.63, 3.8) is 0 Å². The van der Waals surface area contributed by atoms with Gasteiger partial charge in [-0.2, -0.15) is 0 Å². The Labute approximate surface area is 194 Å². The molecule has 2 aliphatic rings. The Kier molecular flexibility index (Phi) is 10.9. The van der Waals surface area contributed by atoms with Gasteiger partial charge >= 0.3 is 5.97 Å². The average molecular weight is 480 g/mol. The van der Waals surface area contributed by atoms with Crippen molar-refractivity contribution < 1.29 is 14.7 Å². The number of nitrogens with zero attached hydrogens (tertiary/aromatic N) is 2. The van der Waals surface area contributed by atoms with Crippen LogP contribution in [-0.4, -0.2) is 52.5 Å². The molecule has 1 amide bonds. The van der Waals surface area contributed by atoms with E-state index in [1.54, 1.807) is 12.3 Å². The van der Waals surface area contributed by atoms with Gasteiger partial charge in [-0.15, -0.1) is 24.8 Å². The Balaban J connectivity index is 0.00000225. The van der Waals surface area contributed by atoms with Crippen LogP contribution in [0, 0.1) is 11.8 Å². The molecule has 3 rings (SSSR count). The predicted molar refractivity (Wildman–Crippen MR) is 124 cm³/mol. The van der Waals surface area contributed by atoms with Crippen LogP contribution in [0.4, 0.5) is 5.82 Å². The van der Waals surface area contributed by atoms with Gasteiger partial charge in [0.15, 0.2) is 0 Å². The molecule has 1 aliphatic heterocycles. The molecule has 0 unspecified atom stereocenters. The van der Waals surface area contributed by atoms with E-state index < -0.39 is 5.97 Å². The zero-order valence-electron chi connectivity index (χ0n) is 16.6. The molecule has 7 nitrogen and oxygen atoms in total. The molecule has 0 aromatic carbocycles. The minimum Gasteiger partial charge on any atom is -0.478 e. The monoisotopic (exact) mass is 478 g/mol. The van der Waals surface area contributed by atoms with Crippen LogP contribution in [0.25, 0.3) is 6.08 Å². The normalized spacial score (nSPS) is 23.5. The van der Waals surface area contributed by atoms with Gasteiger partial charge in [-0.05, 0) is 62.3 Å². The summed E-state index contributed by atoms with van der Waals surface area (Å²) < 4.78 is 0. The third-order valence-electron chi connectivity index (χ3n) is 5.65. The zero-order chi connectivity index (χ0) is 20.1. The van der Waals surface area contributed by atoms with Crippen LogP contribution < -0.4 is 11.1 Å². The Morgan fingerprint density at radius 1 is 1.27 bits per heavy atom. The standard InChI is InChI=1S/C20H27ClN4O3.2ClH/c21-17-9-14(3-6-18(26)27)11-23-19(17)24-16-7-8-25(12-16)20(28)15-4-1-13(10-22)2-5-15;;/h3,6,9,11,13,15-16H,1-2,4-5,7-8,10,12,22H2,(H,23,24)(H,26,27);2*1H/b6-3+;;/t13?,15?,16-;;/m1../s1. The number of anilines is 1. The van der Waals surface area contributed by atoms with Gasteiger partial charge in [0.05, 0.1) is 5.02 Å². The fourth-order valence-electron chi connectivity index (χ4n) is 3.99. The number of hydrogen-bond acceptors (Lipinski definition) is 5. The molecule has 1 atom stereocenters. The van der Waals surface area contributed by atoms with Gasteiger partial charge in [0, 0.05) is 37.3 Å². The average Bonchev–Trinajstić information content (AvgIpc) is 3.16. The van der Waals surface area contributed by atoms with Gasteiger partial charge in [0.2, 0.25) is 5.91 Å². The number of carboxylic acids is 1. The molecule has 0 spiro atoms. The molecule has 0 bridgehead atoms. The number of amides is 1. The number of aliphatic carboxylic acids is 1. The number of hydrogen-bond donors (Lipinski definition) is 3. The molecule has 1 saturated heterocycles. The number of rotatable bonds is 6. The van der Waals surface area contributed by atoms with E-state index in [0.29, 0.717) is 28.9 Å². The molecule has 4 N–H and O–H groups in total. The summed E-state index contributed by atoms with van der Waals surface area (Å²) in [6.45, 7) is 2.11. The number of pyridine rings is 1. The second-order valence-corrected chi connectivity index (χ2v) is 8.05. The Morgan fingerprint density at radius 3 is 2.57 bits per heavy atom. The van der Waals surface area contributed by atoms with E-state index in [1.165, 1.54) is 6.08 Å². The number of nitrogens with two attached hydrogens (primary N) is 1. The summed E-state index contributed by atoms with van der Waals surface area (Å²) in [7, 11) is 0. The third-order valence-corrected chi connectivity index (χ3v) is 5.94. The number of carboxylic acid groups (broad SMARTS) is 1. The maximum absolute atomic E-state index is 12.8. The van der Waals surface area contributed by atoms with Gasteiger partial charge in [0.25, 0.3) is 0 Å². The van der Waals surface area contributed by atoms with Gasteiger partial charge in [-0.25, -0.2) is 9.78 Å². The van der Waals surface area contributed by atoms with Crippen LogP contribution in [0.2, 0.25) is 5.02 Å². The molecule has 2 heterocycles. The summed E-state index contributed by atoms with van der Waals surface area (Å²) in [5.41, 5.74) is 6.36. The molecule has 168 valence electrons.